The Kier molecular flexibility index (Phi) is 11.9. The van der Waals surface area contributed by atoms with E-state index in [4.69, 9.17) is 10.8 Å². The number of hydrogen-bond acceptors (Lipinski definition) is 10. The van der Waals surface area contributed by atoms with Gasteiger partial charge in [0.1, 0.15) is 17.6 Å². The van der Waals surface area contributed by atoms with Crippen molar-refractivity contribution in [1.29, 1.82) is 0 Å². The highest BCUT2D eigenvalue weighted by Crippen LogP contribution is 2.22. The van der Waals surface area contributed by atoms with Crippen molar-refractivity contribution >= 4 is 28.6 Å². The summed E-state index contributed by atoms with van der Waals surface area (Å²) in [5, 5.41) is 32.2. The second-order valence-electron chi connectivity index (χ2n) is 10.5. The molecule has 1 aliphatic carbocycles. The van der Waals surface area contributed by atoms with Gasteiger partial charge < -0.3 is 32.1 Å². The van der Waals surface area contributed by atoms with Crippen LogP contribution in [0.25, 0.3) is 10.9 Å². The van der Waals surface area contributed by atoms with Gasteiger partial charge >= 0.3 is 5.97 Å². The Morgan fingerprint density at radius 2 is 1.85 bits per heavy atom. The van der Waals surface area contributed by atoms with E-state index >= 15 is 0 Å². The van der Waals surface area contributed by atoms with Crippen LogP contribution in [-0.4, -0.2) is 74.3 Å². The van der Waals surface area contributed by atoms with Crippen molar-refractivity contribution in [2.75, 3.05) is 36.8 Å². The predicted octanol–water partition coefficient (Wildman–Crippen LogP) is 2.73. The van der Waals surface area contributed by atoms with E-state index in [2.05, 4.69) is 41.5 Å². The molecule has 3 aromatic rings. The Labute approximate surface area is 235 Å². The molecule has 0 saturated heterocycles. The third kappa shape index (κ3) is 9.68. The van der Waals surface area contributed by atoms with Crippen molar-refractivity contribution in [2.24, 2.45) is 5.73 Å². The fraction of sp³-hybridized carbons (Fsp3) is 0.607. The molecule has 1 atom stereocenters. The van der Waals surface area contributed by atoms with Gasteiger partial charge in [0.15, 0.2) is 0 Å². The highest BCUT2D eigenvalue weighted by Gasteiger charge is 2.13. The van der Waals surface area contributed by atoms with Gasteiger partial charge in [0.2, 0.25) is 5.95 Å². The minimum Gasteiger partial charge on any atom is -0.480 e. The number of para-hydroxylation sites is 1. The zero-order valence-electron chi connectivity index (χ0n) is 23.3. The number of aliphatic carboxylic acids is 1. The van der Waals surface area contributed by atoms with Crippen LogP contribution in [0.15, 0.2) is 30.5 Å². The Morgan fingerprint density at radius 1 is 1.02 bits per heavy atom. The quantitative estimate of drug-likeness (QED) is 0.128. The van der Waals surface area contributed by atoms with Crippen LogP contribution in [0.4, 0.5) is 11.8 Å². The normalized spacial score (nSPS) is 14.8. The number of nitrogens with two attached hydrogens (primary N) is 1. The lowest BCUT2D eigenvalue weighted by Crippen LogP contribution is -2.33. The van der Waals surface area contributed by atoms with E-state index in [0.717, 1.165) is 61.7 Å². The van der Waals surface area contributed by atoms with Gasteiger partial charge in [0.05, 0.1) is 18.3 Å². The number of benzene rings is 1. The van der Waals surface area contributed by atoms with Crippen molar-refractivity contribution in [2.45, 2.75) is 83.0 Å². The predicted molar refractivity (Wildman–Crippen MR) is 157 cm³/mol. The zero-order valence-corrected chi connectivity index (χ0v) is 23.3. The van der Waals surface area contributed by atoms with Gasteiger partial charge in [-0.1, -0.05) is 36.6 Å². The molecule has 1 aliphatic rings. The summed E-state index contributed by atoms with van der Waals surface area (Å²) in [5.41, 5.74) is 7.23. The van der Waals surface area contributed by atoms with Crippen LogP contribution in [-0.2, 0) is 17.9 Å². The summed E-state index contributed by atoms with van der Waals surface area (Å²) in [6, 6.07) is 7.64. The van der Waals surface area contributed by atoms with E-state index in [0.29, 0.717) is 37.7 Å². The monoisotopic (exact) mass is 552 g/mol. The standard InChI is InChI=1S/C28H44N10O2/c29-24(27(39)40)12-6-16-32-26-23-11-4-5-13-25(23)34-28(35-26)33-19-22-20-38(37-36-22)18-8-15-30-14-7-17-31-21-9-2-1-3-10-21/h4-5,11,13,20-21,24,30-31H,1-3,6-10,12,14-19,29H2,(H,39,40)(H2,32,33,34,35)/t24-/m0/s1. The Bertz CT molecular complexity index is 1180. The van der Waals surface area contributed by atoms with Crippen LogP contribution in [0.5, 0.6) is 0 Å². The van der Waals surface area contributed by atoms with Crippen molar-refractivity contribution in [3.05, 3.63) is 36.2 Å². The van der Waals surface area contributed by atoms with E-state index < -0.39 is 12.0 Å². The average Bonchev–Trinajstić information content (AvgIpc) is 3.43. The number of carboxylic acid groups (broad SMARTS) is 1. The van der Waals surface area contributed by atoms with Crippen LogP contribution >= 0.6 is 0 Å². The summed E-state index contributed by atoms with van der Waals surface area (Å²) in [6.07, 6.45) is 11.9. The molecule has 12 nitrogen and oxygen atoms in total. The number of rotatable bonds is 18. The molecule has 7 N–H and O–H groups in total. The number of anilines is 2. The second-order valence-corrected chi connectivity index (χ2v) is 10.5. The molecule has 1 aromatic carbocycles. The molecule has 2 heterocycles. The summed E-state index contributed by atoms with van der Waals surface area (Å²) in [6.45, 7) is 4.91. The molecular weight excluding hydrogens is 508 g/mol. The lowest BCUT2D eigenvalue weighted by atomic mass is 9.95. The van der Waals surface area contributed by atoms with E-state index in [1.807, 2.05) is 35.1 Å². The molecule has 1 fully saturated rings. The first-order valence-corrected chi connectivity index (χ1v) is 14.6. The summed E-state index contributed by atoms with van der Waals surface area (Å²) in [4.78, 5) is 20.2. The number of carboxylic acids is 1. The maximum Gasteiger partial charge on any atom is 0.320 e. The van der Waals surface area contributed by atoms with Crippen molar-refractivity contribution < 1.29 is 9.90 Å². The fourth-order valence-electron chi connectivity index (χ4n) is 4.96. The number of hydrogen-bond donors (Lipinski definition) is 6. The first-order valence-electron chi connectivity index (χ1n) is 14.6. The molecule has 0 radical (unpaired) electrons. The van der Waals surface area contributed by atoms with Crippen LogP contribution in [0.2, 0.25) is 0 Å². The van der Waals surface area contributed by atoms with Crippen LogP contribution in [0, 0.1) is 0 Å². The van der Waals surface area contributed by atoms with Gasteiger partial charge in [-0.05, 0) is 70.3 Å². The Balaban J connectivity index is 1.16. The van der Waals surface area contributed by atoms with E-state index in [1.165, 1.54) is 32.1 Å². The summed E-state index contributed by atoms with van der Waals surface area (Å²) < 4.78 is 1.87. The fourth-order valence-corrected chi connectivity index (χ4v) is 4.96. The third-order valence-corrected chi connectivity index (χ3v) is 7.23. The molecule has 40 heavy (non-hydrogen) atoms. The Hall–Kier alpha value is -3.35. The van der Waals surface area contributed by atoms with Crippen LogP contribution in [0.3, 0.4) is 0 Å². The highest BCUT2D eigenvalue weighted by atomic mass is 16.4. The number of nitrogens with one attached hydrogen (secondary N) is 4. The number of fused-ring (bicyclic) bond motifs is 1. The third-order valence-electron chi connectivity index (χ3n) is 7.23. The maximum absolute atomic E-state index is 10.9. The molecule has 1 saturated carbocycles. The van der Waals surface area contributed by atoms with Gasteiger partial charge in [-0.2, -0.15) is 4.98 Å². The summed E-state index contributed by atoms with van der Waals surface area (Å²) in [5.74, 6) is 0.193. The van der Waals surface area contributed by atoms with Gasteiger partial charge in [-0.15, -0.1) is 5.10 Å². The second kappa shape index (κ2) is 16.0. The SMILES string of the molecule is N[C@@H](CCCNc1nc(NCc2cn(CCCNCCCNC3CCCCC3)nn2)nc2ccccc12)C(=O)O. The van der Waals surface area contributed by atoms with Crippen molar-refractivity contribution in [3.8, 4) is 0 Å². The van der Waals surface area contributed by atoms with E-state index in [9.17, 15) is 4.79 Å². The molecule has 4 rings (SSSR count). The van der Waals surface area contributed by atoms with E-state index in [1.54, 1.807) is 0 Å². The number of aromatic nitrogens is 5. The highest BCUT2D eigenvalue weighted by molar-refractivity contribution is 5.90. The van der Waals surface area contributed by atoms with Crippen LogP contribution in [0.1, 0.15) is 63.5 Å². The maximum atomic E-state index is 10.9. The molecule has 0 unspecified atom stereocenters. The van der Waals surface area contributed by atoms with Gasteiger partial charge in [0, 0.05) is 24.5 Å². The topological polar surface area (TPSA) is 168 Å². The minimum atomic E-state index is -0.986. The minimum absolute atomic E-state index is 0.389. The zero-order chi connectivity index (χ0) is 28.0. The Morgan fingerprint density at radius 3 is 2.70 bits per heavy atom. The summed E-state index contributed by atoms with van der Waals surface area (Å²) in [7, 11) is 0. The van der Waals surface area contributed by atoms with Crippen molar-refractivity contribution in [1.82, 2.24) is 35.6 Å². The molecule has 12 heteroatoms. The largest absolute Gasteiger partial charge is 0.480 e. The average molecular weight is 553 g/mol. The summed E-state index contributed by atoms with van der Waals surface area (Å²) >= 11 is 0. The smallest absolute Gasteiger partial charge is 0.320 e. The molecule has 218 valence electrons. The first-order chi connectivity index (χ1) is 19.6. The van der Waals surface area contributed by atoms with Crippen molar-refractivity contribution in [3.63, 3.8) is 0 Å². The molecule has 0 amide bonds. The van der Waals surface area contributed by atoms with Gasteiger partial charge in [-0.25, -0.2) is 4.98 Å². The first kappa shape index (κ1) is 29.6. The van der Waals surface area contributed by atoms with Gasteiger partial charge in [0.25, 0.3) is 0 Å². The van der Waals surface area contributed by atoms with Crippen LogP contribution < -0.4 is 27.0 Å². The lowest BCUT2D eigenvalue weighted by Gasteiger charge is -2.22. The molecule has 0 spiro atoms. The molecule has 0 bridgehead atoms. The number of carbonyl (C=O) groups is 1. The van der Waals surface area contributed by atoms with E-state index in [-0.39, 0.29) is 0 Å². The number of nitrogens with zero attached hydrogens (tertiary/aromatic N) is 5. The number of aryl methyl sites for hydroxylation is 1. The molecule has 2 aromatic heterocycles. The lowest BCUT2D eigenvalue weighted by molar-refractivity contribution is -0.138. The van der Waals surface area contributed by atoms with Gasteiger partial charge in [-0.3, -0.25) is 9.48 Å². The molecule has 0 aliphatic heterocycles. The molecular formula is C28H44N10O2.